The van der Waals surface area contributed by atoms with Crippen LogP contribution in [0.15, 0.2) is 29.1 Å². The van der Waals surface area contributed by atoms with Crippen LogP contribution in [0.5, 0.6) is 0 Å². The summed E-state index contributed by atoms with van der Waals surface area (Å²) in [5.41, 5.74) is 1.40. The smallest absolute Gasteiger partial charge is 0.271 e. The van der Waals surface area contributed by atoms with Crippen molar-refractivity contribution in [3.8, 4) is 5.69 Å². The number of nitrogens with zero attached hydrogens (tertiary/aromatic N) is 1. The summed E-state index contributed by atoms with van der Waals surface area (Å²) in [7, 11) is 0. The Morgan fingerprint density at radius 3 is 2.61 bits per heavy atom. The molecule has 5 heteroatoms. The molecular formula is C13H14Cl2N2O. The van der Waals surface area contributed by atoms with Gasteiger partial charge in [0.25, 0.3) is 5.56 Å². The third kappa shape index (κ3) is 2.79. The number of rotatable bonds is 3. The monoisotopic (exact) mass is 284 g/mol. The van der Waals surface area contributed by atoms with Crippen molar-refractivity contribution < 1.29 is 0 Å². The molecule has 0 radical (unpaired) electrons. The highest BCUT2D eigenvalue weighted by Crippen LogP contribution is 2.23. The number of benzene rings is 1. The number of hydrogen-bond donors (Lipinski definition) is 1. The zero-order chi connectivity index (χ0) is 13.3. The molecule has 2 aromatic rings. The van der Waals surface area contributed by atoms with Crippen molar-refractivity contribution in [3.05, 3.63) is 50.4 Å². The van der Waals surface area contributed by atoms with Gasteiger partial charge < -0.3 is 0 Å². The normalized spacial score (nSPS) is 11.2. The molecule has 0 bridgehead atoms. The Kier molecular flexibility index (Phi) is 3.83. The van der Waals surface area contributed by atoms with Gasteiger partial charge in [-0.05, 0) is 30.5 Å². The fourth-order valence-electron chi connectivity index (χ4n) is 1.83. The Morgan fingerprint density at radius 1 is 1.28 bits per heavy atom. The van der Waals surface area contributed by atoms with Crippen LogP contribution < -0.4 is 5.56 Å². The summed E-state index contributed by atoms with van der Waals surface area (Å²) >= 11 is 11.9. The summed E-state index contributed by atoms with van der Waals surface area (Å²) in [6.45, 7) is 4.20. The van der Waals surface area contributed by atoms with E-state index < -0.39 is 0 Å². The van der Waals surface area contributed by atoms with Crippen LogP contribution in [0.1, 0.15) is 19.5 Å². The van der Waals surface area contributed by atoms with E-state index >= 15 is 0 Å². The van der Waals surface area contributed by atoms with Gasteiger partial charge in [-0.25, -0.2) is 4.68 Å². The summed E-state index contributed by atoms with van der Waals surface area (Å²) in [5.74, 6) is 0.484. The molecule has 18 heavy (non-hydrogen) atoms. The molecule has 3 nitrogen and oxygen atoms in total. The Labute approximate surface area is 115 Å². The van der Waals surface area contributed by atoms with Crippen molar-refractivity contribution in [2.24, 2.45) is 5.92 Å². The van der Waals surface area contributed by atoms with Gasteiger partial charge in [0.1, 0.15) is 0 Å². The maximum Gasteiger partial charge on any atom is 0.271 e. The summed E-state index contributed by atoms with van der Waals surface area (Å²) in [6, 6.07) is 6.65. The molecule has 0 atom stereocenters. The Morgan fingerprint density at radius 2 is 2.00 bits per heavy atom. The third-order valence-electron chi connectivity index (χ3n) is 2.55. The maximum atomic E-state index is 11.9. The number of halogens is 2. The molecular weight excluding hydrogens is 271 g/mol. The summed E-state index contributed by atoms with van der Waals surface area (Å²) in [4.78, 5) is 11.9. The largest absolute Gasteiger partial charge is 0.295 e. The van der Waals surface area contributed by atoms with Gasteiger partial charge in [-0.15, -0.1) is 0 Å². The molecule has 1 aromatic carbocycles. The highest BCUT2D eigenvalue weighted by molar-refractivity contribution is 6.35. The average molecular weight is 285 g/mol. The number of aromatic nitrogens is 2. The van der Waals surface area contributed by atoms with Gasteiger partial charge >= 0.3 is 0 Å². The van der Waals surface area contributed by atoms with E-state index in [1.165, 1.54) is 4.68 Å². The van der Waals surface area contributed by atoms with Gasteiger partial charge in [0.2, 0.25) is 0 Å². The molecule has 0 unspecified atom stereocenters. The highest BCUT2D eigenvalue weighted by Gasteiger charge is 2.09. The van der Waals surface area contributed by atoms with Crippen molar-refractivity contribution in [1.82, 2.24) is 9.78 Å². The van der Waals surface area contributed by atoms with Gasteiger partial charge in [-0.2, -0.15) is 0 Å². The van der Waals surface area contributed by atoms with Crippen LogP contribution in [0.3, 0.4) is 0 Å². The minimum atomic E-state index is -0.116. The van der Waals surface area contributed by atoms with Gasteiger partial charge in [0, 0.05) is 16.8 Å². The van der Waals surface area contributed by atoms with E-state index in [0.29, 0.717) is 21.7 Å². The first-order chi connectivity index (χ1) is 8.47. The quantitative estimate of drug-likeness (QED) is 0.918. The first kappa shape index (κ1) is 13.2. The van der Waals surface area contributed by atoms with Crippen LogP contribution in [-0.2, 0) is 6.42 Å². The molecule has 0 saturated heterocycles. The Hall–Kier alpha value is -1.19. The zero-order valence-corrected chi connectivity index (χ0v) is 11.7. The van der Waals surface area contributed by atoms with Crippen LogP contribution in [0.4, 0.5) is 0 Å². The van der Waals surface area contributed by atoms with E-state index in [9.17, 15) is 4.79 Å². The molecule has 1 aromatic heterocycles. The highest BCUT2D eigenvalue weighted by atomic mass is 35.5. The molecule has 0 aliphatic heterocycles. The minimum Gasteiger partial charge on any atom is -0.295 e. The van der Waals surface area contributed by atoms with Crippen LogP contribution in [0.25, 0.3) is 5.69 Å². The Bertz CT molecular complexity index is 614. The van der Waals surface area contributed by atoms with Crippen molar-refractivity contribution in [2.75, 3.05) is 0 Å². The van der Waals surface area contributed by atoms with Crippen molar-refractivity contribution in [1.29, 1.82) is 0 Å². The van der Waals surface area contributed by atoms with Crippen LogP contribution >= 0.6 is 23.2 Å². The zero-order valence-electron chi connectivity index (χ0n) is 10.2. The molecule has 1 heterocycles. The number of hydrogen-bond acceptors (Lipinski definition) is 1. The number of nitrogens with one attached hydrogen (secondary N) is 1. The lowest BCUT2D eigenvalue weighted by Crippen LogP contribution is -2.13. The van der Waals surface area contributed by atoms with Crippen molar-refractivity contribution >= 4 is 23.2 Å². The lowest BCUT2D eigenvalue weighted by Gasteiger charge is -2.06. The first-order valence-electron chi connectivity index (χ1n) is 5.73. The van der Waals surface area contributed by atoms with Gasteiger partial charge in [-0.1, -0.05) is 37.0 Å². The van der Waals surface area contributed by atoms with E-state index in [2.05, 4.69) is 18.9 Å². The summed E-state index contributed by atoms with van der Waals surface area (Å²) < 4.78 is 1.44. The van der Waals surface area contributed by atoms with Crippen molar-refractivity contribution in [3.63, 3.8) is 0 Å². The van der Waals surface area contributed by atoms with Crippen LogP contribution in [0.2, 0.25) is 10.0 Å². The summed E-state index contributed by atoms with van der Waals surface area (Å²) in [6.07, 6.45) is 0.827. The first-order valence-corrected chi connectivity index (χ1v) is 6.49. The number of aromatic amines is 1. The predicted octanol–water partition coefficient (Wildman–Crippen LogP) is 3.67. The maximum absolute atomic E-state index is 11.9. The molecule has 0 fully saturated rings. The molecule has 1 N–H and O–H groups in total. The lowest BCUT2D eigenvalue weighted by atomic mass is 10.1. The third-order valence-corrected chi connectivity index (χ3v) is 3.09. The molecule has 2 rings (SSSR count). The summed E-state index contributed by atoms with van der Waals surface area (Å²) in [5, 5.41) is 4.06. The molecule has 96 valence electrons. The van der Waals surface area contributed by atoms with E-state index in [1.807, 2.05) is 0 Å². The minimum absolute atomic E-state index is 0.116. The molecule has 0 aliphatic rings. The van der Waals surface area contributed by atoms with Crippen LogP contribution in [0, 0.1) is 5.92 Å². The second kappa shape index (κ2) is 5.21. The number of H-pyrrole nitrogens is 1. The lowest BCUT2D eigenvalue weighted by molar-refractivity contribution is 0.628. The topological polar surface area (TPSA) is 37.8 Å². The molecule has 0 spiro atoms. The molecule has 0 saturated carbocycles. The van der Waals surface area contributed by atoms with E-state index in [-0.39, 0.29) is 5.56 Å². The average Bonchev–Trinajstić information content (AvgIpc) is 2.58. The molecule has 0 amide bonds. The van der Waals surface area contributed by atoms with Gasteiger partial charge in [0.15, 0.2) is 0 Å². The van der Waals surface area contributed by atoms with Gasteiger partial charge in [0.05, 0.1) is 10.7 Å². The van der Waals surface area contributed by atoms with E-state index in [1.54, 1.807) is 24.3 Å². The second-order valence-electron chi connectivity index (χ2n) is 4.65. The van der Waals surface area contributed by atoms with Crippen molar-refractivity contribution in [2.45, 2.75) is 20.3 Å². The fraction of sp³-hybridized carbons (Fsp3) is 0.308. The standard InChI is InChI=1S/C13H14Cl2N2O/c1-8(2)5-10-7-13(18)17(16-10)12-4-3-9(14)6-11(12)15/h3-4,6-8,16H,5H2,1-2H3. The SMILES string of the molecule is CC(C)Cc1cc(=O)n(-c2ccc(Cl)cc2Cl)[nH]1. The molecule has 0 aliphatic carbocycles. The van der Waals surface area contributed by atoms with Gasteiger partial charge in [-0.3, -0.25) is 9.89 Å². The van der Waals surface area contributed by atoms with Crippen LogP contribution in [-0.4, -0.2) is 9.78 Å². The van der Waals surface area contributed by atoms with E-state index in [0.717, 1.165) is 12.1 Å². The fourth-order valence-corrected chi connectivity index (χ4v) is 2.32. The Balaban J connectivity index is 2.44. The predicted molar refractivity (Wildman–Crippen MR) is 75.0 cm³/mol. The van der Waals surface area contributed by atoms with E-state index in [4.69, 9.17) is 23.2 Å². The second-order valence-corrected chi connectivity index (χ2v) is 5.49.